The molecule has 2 heterocycles. The van der Waals surface area contributed by atoms with E-state index in [1.807, 2.05) is 6.92 Å². The minimum Gasteiger partial charge on any atom is -0.379 e. The number of hydrogen-bond donors (Lipinski definition) is 2. The van der Waals surface area contributed by atoms with Crippen LogP contribution in [0.3, 0.4) is 0 Å². The van der Waals surface area contributed by atoms with Gasteiger partial charge in [0, 0.05) is 36.9 Å². The predicted molar refractivity (Wildman–Crippen MR) is 84.5 cm³/mol. The first-order valence-corrected chi connectivity index (χ1v) is 7.72. The molecule has 1 saturated heterocycles. The van der Waals surface area contributed by atoms with E-state index in [1.165, 1.54) is 6.92 Å². The van der Waals surface area contributed by atoms with Crippen LogP contribution in [-0.2, 0) is 4.74 Å². The van der Waals surface area contributed by atoms with Gasteiger partial charge >= 0.3 is 0 Å². The summed E-state index contributed by atoms with van der Waals surface area (Å²) in [7, 11) is 0. The molecule has 0 unspecified atom stereocenters. The zero-order valence-electron chi connectivity index (χ0n) is 13.8. The summed E-state index contributed by atoms with van der Waals surface area (Å²) >= 11 is 0. The number of hydrogen-bond acceptors (Lipinski definition) is 4. The maximum absolute atomic E-state index is 12.3. The molecule has 0 spiro atoms. The molecule has 0 aromatic carbocycles. The summed E-state index contributed by atoms with van der Waals surface area (Å²) in [5.74, 6) is -0.180. The van der Waals surface area contributed by atoms with Crippen LogP contribution in [0.4, 0.5) is 0 Å². The van der Waals surface area contributed by atoms with Crippen LogP contribution < -0.4 is 5.32 Å². The zero-order valence-corrected chi connectivity index (χ0v) is 13.8. The van der Waals surface area contributed by atoms with Gasteiger partial charge in [-0.25, -0.2) is 0 Å². The molecule has 1 aromatic heterocycles. The lowest BCUT2D eigenvalue weighted by molar-refractivity contribution is 0.0204. The number of aromatic amines is 1. The molecular weight excluding hydrogens is 282 g/mol. The Morgan fingerprint density at radius 1 is 1.32 bits per heavy atom. The molecule has 6 heteroatoms. The van der Waals surface area contributed by atoms with E-state index in [9.17, 15) is 9.59 Å². The maximum atomic E-state index is 12.3. The molecule has 2 rings (SSSR count). The first-order chi connectivity index (χ1) is 10.4. The maximum Gasteiger partial charge on any atom is 0.268 e. The lowest BCUT2D eigenvalue weighted by Gasteiger charge is -2.32. The molecule has 1 atom stereocenters. The van der Waals surface area contributed by atoms with E-state index in [2.05, 4.69) is 22.1 Å². The third-order valence-electron chi connectivity index (χ3n) is 4.24. The lowest BCUT2D eigenvalue weighted by atomic mass is 10.1. The highest BCUT2D eigenvalue weighted by atomic mass is 16.5. The summed E-state index contributed by atoms with van der Waals surface area (Å²) in [6, 6.07) is 0.261. The summed E-state index contributed by atoms with van der Waals surface area (Å²) in [6.45, 7) is 11.1. The molecule has 1 aromatic rings. The van der Waals surface area contributed by atoms with Crippen molar-refractivity contribution in [2.45, 2.75) is 33.7 Å². The number of aromatic nitrogens is 1. The Bertz CT molecular complexity index is 559. The fourth-order valence-electron chi connectivity index (χ4n) is 2.98. The molecule has 2 N–H and O–H groups in total. The van der Waals surface area contributed by atoms with Gasteiger partial charge in [0.2, 0.25) is 0 Å². The average molecular weight is 307 g/mol. The van der Waals surface area contributed by atoms with Gasteiger partial charge in [-0.3, -0.25) is 14.5 Å². The van der Waals surface area contributed by atoms with Gasteiger partial charge in [-0.2, -0.15) is 0 Å². The molecule has 0 saturated carbocycles. The standard InChI is InChI=1S/C16H25N3O3/c1-10(19-5-7-22-8-6-19)9-17-16(21)15-11(2)14(13(4)20)12(3)18-15/h10,18H,5-9H2,1-4H3,(H,17,21)/t10-/m0/s1. The Morgan fingerprint density at radius 2 is 1.95 bits per heavy atom. The molecule has 1 aliphatic rings. The molecule has 0 aliphatic carbocycles. The number of amides is 1. The van der Waals surface area contributed by atoms with Crippen LogP contribution in [0, 0.1) is 13.8 Å². The van der Waals surface area contributed by atoms with Crippen molar-refractivity contribution in [3.05, 3.63) is 22.5 Å². The summed E-state index contributed by atoms with van der Waals surface area (Å²) in [5.41, 5.74) is 2.57. The number of Topliss-reactive ketones (excluding diaryl/α,β-unsaturated/α-hetero) is 1. The smallest absolute Gasteiger partial charge is 0.268 e. The Hall–Kier alpha value is -1.66. The van der Waals surface area contributed by atoms with Gasteiger partial charge in [-0.15, -0.1) is 0 Å². The Morgan fingerprint density at radius 3 is 2.50 bits per heavy atom. The third kappa shape index (κ3) is 3.56. The molecule has 6 nitrogen and oxygen atoms in total. The van der Waals surface area contributed by atoms with Crippen LogP contribution >= 0.6 is 0 Å². The SMILES string of the molecule is CC(=O)c1c(C)[nH]c(C(=O)NC[C@H](C)N2CCOCC2)c1C. The Labute approximate surface area is 131 Å². The molecule has 0 bridgehead atoms. The van der Waals surface area contributed by atoms with E-state index >= 15 is 0 Å². The van der Waals surface area contributed by atoms with Crippen molar-refractivity contribution >= 4 is 11.7 Å². The Balaban J connectivity index is 1.97. The quantitative estimate of drug-likeness (QED) is 0.804. The number of ether oxygens (including phenoxy) is 1. The van der Waals surface area contributed by atoms with Gasteiger partial charge < -0.3 is 15.0 Å². The molecule has 1 aliphatic heterocycles. The topological polar surface area (TPSA) is 74.4 Å². The van der Waals surface area contributed by atoms with Crippen molar-refractivity contribution in [1.82, 2.24) is 15.2 Å². The van der Waals surface area contributed by atoms with Crippen molar-refractivity contribution in [2.75, 3.05) is 32.8 Å². The second-order valence-corrected chi connectivity index (χ2v) is 5.89. The second kappa shape index (κ2) is 7.07. The highest BCUT2D eigenvalue weighted by molar-refractivity contribution is 6.02. The fourth-order valence-corrected chi connectivity index (χ4v) is 2.98. The van der Waals surface area contributed by atoms with Crippen molar-refractivity contribution in [3.8, 4) is 0 Å². The van der Waals surface area contributed by atoms with Crippen LogP contribution in [0.25, 0.3) is 0 Å². The largest absolute Gasteiger partial charge is 0.379 e. The van der Waals surface area contributed by atoms with Crippen molar-refractivity contribution in [3.63, 3.8) is 0 Å². The first kappa shape index (κ1) is 16.7. The van der Waals surface area contributed by atoms with Gasteiger partial charge in [-0.1, -0.05) is 0 Å². The van der Waals surface area contributed by atoms with Crippen LogP contribution in [0.2, 0.25) is 0 Å². The molecule has 122 valence electrons. The van der Waals surface area contributed by atoms with Crippen LogP contribution in [-0.4, -0.2) is 60.5 Å². The van der Waals surface area contributed by atoms with Crippen molar-refractivity contribution in [2.24, 2.45) is 0 Å². The van der Waals surface area contributed by atoms with Gasteiger partial charge in [0.1, 0.15) is 5.69 Å². The van der Waals surface area contributed by atoms with E-state index in [0.29, 0.717) is 17.8 Å². The molecule has 1 fully saturated rings. The van der Waals surface area contributed by atoms with E-state index in [4.69, 9.17) is 4.74 Å². The molecular formula is C16H25N3O3. The summed E-state index contributed by atoms with van der Waals surface area (Å²) in [4.78, 5) is 29.3. The Kier molecular flexibility index (Phi) is 5.37. The number of carbonyl (C=O) groups is 2. The molecule has 1 amide bonds. The van der Waals surface area contributed by atoms with E-state index in [-0.39, 0.29) is 17.7 Å². The third-order valence-corrected chi connectivity index (χ3v) is 4.24. The predicted octanol–water partition coefficient (Wildman–Crippen LogP) is 1.28. The minimum atomic E-state index is -0.159. The van der Waals surface area contributed by atoms with Gasteiger partial charge in [-0.05, 0) is 33.3 Å². The van der Waals surface area contributed by atoms with Gasteiger partial charge in [0.15, 0.2) is 5.78 Å². The van der Waals surface area contributed by atoms with E-state index in [0.717, 1.165) is 37.6 Å². The van der Waals surface area contributed by atoms with E-state index in [1.54, 1.807) is 6.92 Å². The number of H-pyrrole nitrogens is 1. The minimum absolute atomic E-state index is 0.0213. The first-order valence-electron chi connectivity index (χ1n) is 7.72. The average Bonchev–Trinajstić information content (AvgIpc) is 2.80. The van der Waals surface area contributed by atoms with Crippen LogP contribution in [0.15, 0.2) is 0 Å². The van der Waals surface area contributed by atoms with Gasteiger partial charge in [0.05, 0.1) is 13.2 Å². The number of rotatable bonds is 5. The number of ketones is 1. The fraction of sp³-hybridized carbons (Fsp3) is 0.625. The molecule has 0 radical (unpaired) electrons. The number of aryl methyl sites for hydroxylation is 1. The van der Waals surface area contributed by atoms with Crippen LogP contribution in [0.5, 0.6) is 0 Å². The summed E-state index contributed by atoms with van der Waals surface area (Å²) in [5, 5.41) is 2.95. The number of morpholine rings is 1. The van der Waals surface area contributed by atoms with E-state index < -0.39 is 0 Å². The lowest BCUT2D eigenvalue weighted by Crippen LogP contribution is -2.47. The second-order valence-electron chi connectivity index (χ2n) is 5.89. The van der Waals surface area contributed by atoms with Crippen molar-refractivity contribution in [1.29, 1.82) is 0 Å². The molecule has 22 heavy (non-hydrogen) atoms. The number of nitrogens with zero attached hydrogens (tertiary/aromatic N) is 1. The normalized spacial score (nSPS) is 17.3. The number of nitrogens with one attached hydrogen (secondary N) is 2. The summed E-state index contributed by atoms with van der Waals surface area (Å²) < 4.78 is 5.33. The zero-order chi connectivity index (χ0) is 16.3. The number of carbonyl (C=O) groups excluding carboxylic acids is 2. The highest BCUT2D eigenvalue weighted by Crippen LogP contribution is 2.18. The van der Waals surface area contributed by atoms with Crippen molar-refractivity contribution < 1.29 is 14.3 Å². The van der Waals surface area contributed by atoms with Crippen LogP contribution in [0.1, 0.15) is 46.0 Å². The monoisotopic (exact) mass is 307 g/mol. The summed E-state index contributed by atoms with van der Waals surface area (Å²) in [6.07, 6.45) is 0. The highest BCUT2D eigenvalue weighted by Gasteiger charge is 2.21. The van der Waals surface area contributed by atoms with Gasteiger partial charge in [0.25, 0.3) is 5.91 Å².